The van der Waals surface area contributed by atoms with E-state index in [9.17, 15) is 4.79 Å². The van der Waals surface area contributed by atoms with E-state index in [2.05, 4.69) is 32.1 Å². The molecule has 0 unspecified atom stereocenters. The monoisotopic (exact) mass is 344 g/mol. The van der Waals surface area contributed by atoms with Crippen molar-refractivity contribution in [1.29, 1.82) is 0 Å². The van der Waals surface area contributed by atoms with Crippen LogP contribution in [0.15, 0.2) is 71.2 Å². The number of hydrogen-bond donors (Lipinski definition) is 0. The Hall–Kier alpha value is -1.63. The zero-order chi connectivity index (χ0) is 15.1. The van der Waals surface area contributed by atoms with Crippen LogP contribution in [0.5, 0.6) is 0 Å². The molecular weight excluding hydrogens is 323 g/mol. The number of allylic oxidation sites excluding steroid dienone is 2. The molecule has 0 spiro atoms. The number of benzene rings is 2. The summed E-state index contributed by atoms with van der Waals surface area (Å²) in [5.41, 5.74) is 0.783. The summed E-state index contributed by atoms with van der Waals surface area (Å²) < 4.78 is 2.19. The number of Topliss-reactive ketones (excluding diaryl/α,β-unsaturated/α-hetero) is 1. The molecule has 0 N–H and O–H groups in total. The van der Waals surface area contributed by atoms with Crippen molar-refractivity contribution in [3.8, 4) is 0 Å². The summed E-state index contributed by atoms with van der Waals surface area (Å²) in [6, 6.07) is 19.8. The zero-order valence-electron chi connectivity index (χ0n) is 12.5. The van der Waals surface area contributed by atoms with E-state index in [1.807, 2.05) is 48.5 Å². The predicted octanol–water partition coefficient (Wildman–Crippen LogP) is 3.83. The van der Waals surface area contributed by atoms with Gasteiger partial charge in [-0.1, -0.05) is 0 Å². The fourth-order valence-corrected chi connectivity index (χ4v) is 3.84. The van der Waals surface area contributed by atoms with Crippen molar-refractivity contribution in [2.75, 3.05) is 0 Å². The van der Waals surface area contributed by atoms with Gasteiger partial charge in [-0.05, 0) is 0 Å². The van der Waals surface area contributed by atoms with Crippen molar-refractivity contribution < 1.29 is 4.79 Å². The summed E-state index contributed by atoms with van der Waals surface area (Å²) in [5, 5.41) is 0. The molecule has 2 heteroatoms. The Morgan fingerprint density at radius 1 is 1.00 bits per heavy atom. The first-order valence-corrected chi connectivity index (χ1v) is 8.91. The van der Waals surface area contributed by atoms with Crippen LogP contribution < -0.4 is 4.46 Å². The van der Waals surface area contributed by atoms with E-state index in [1.165, 1.54) is 4.46 Å². The molecular formula is C19H20OSe. The van der Waals surface area contributed by atoms with Gasteiger partial charge in [0.25, 0.3) is 0 Å². The fourth-order valence-electron chi connectivity index (χ4n) is 1.87. The molecule has 0 aliphatic rings. The van der Waals surface area contributed by atoms with Gasteiger partial charge in [-0.25, -0.2) is 0 Å². The minimum absolute atomic E-state index is 0.0586. The van der Waals surface area contributed by atoms with E-state index in [-0.39, 0.29) is 20.7 Å². The summed E-state index contributed by atoms with van der Waals surface area (Å²) in [6.45, 7) is 4.35. The number of carbonyl (C=O) groups excluding carboxylic acids is 1. The molecule has 21 heavy (non-hydrogen) atoms. The average molecular weight is 343 g/mol. The van der Waals surface area contributed by atoms with Crippen LogP contribution in [0.4, 0.5) is 0 Å². The molecule has 2 aromatic rings. The van der Waals surface area contributed by atoms with E-state index >= 15 is 0 Å². The summed E-state index contributed by atoms with van der Waals surface area (Å²) in [6.07, 6.45) is 3.08. The van der Waals surface area contributed by atoms with Crippen LogP contribution in [-0.4, -0.2) is 20.7 Å². The molecule has 0 saturated carbocycles. The summed E-state index contributed by atoms with van der Waals surface area (Å²) in [5.74, 6) is 0.732. The summed E-state index contributed by atoms with van der Waals surface area (Å²) in [7, 11) is 0. The first kappa shape index (κ1) is 15.8. The standard InChI is InChI=1S/C19H20OSe/c1-15(2)13-14-18(21-17-11-7-4-8-12-17)19(20)16-9-5-3-6-10-16/h3-12,14-15H,13H2,1-2H3/b18-14-. The third-order valence-corrected chi connectivity index (χ3v) is 5.27. The van der Waals surface area contributed by atoms with Crippen LogP contribution in [0.1, 0.15) is 30.6 Å². The summed E-state index contributed by atoms with van der Waals surface area (Å²) >= 11 is 0.0586. The van der Waals surface area contributed by atoms with Gasteiger partial charge in [-0.2, -0.15) is 0 Å². The quantitative estimate of drug-likeness (QED) is 0.443. The van der Waals surface area contributed by atoms with Gasteiger partial charge in [-0.3, -0.25) is 0 Å². The number of hydrogen-bond acceptors (Lipinski definition) is 1. The Bertz CT molecular complexity index is 600. The van der Waals surface area contributed by atoms with Gasteiger partial charge >= 0.3 is 133 Å². The first-order chi connectivity index (χ1) is 10.2. The van der Waals surface area contributed by atoms with Gasteiger partial charge in [0, 0.05) is 0 Å². The van der Waals surface area contributed by atoms with E-state index in [0.29, 0.717) is 5.92 Å². The maximum atomic E-state index is 12.7. The second-order valence-corrected chi connectivity index (χ2v) is 7.65. The maximum absolute atomic E-state index is 12.7. The molecule has 2 rings (SSSR count). The fraction of sp³-hybridized carbons (Fsp3) is 0.211. The van der Waals surface area contributed by atoms with Crippen molar-refractivity contribution in [3.05, 3.63) is 76.8 Å². The second-order valence-electron chi connectivity index (χ2n) is 5.31. The Balaban J connectivity index is 2.24. The normalized spacial score (nSPS) is 11.7. The second kappa shape index (κ2) is 7.97. The van der Waals surface area contributed by atoms with Gasteiger partial charge < -0.3 is 0 Å². The van der Waals surface area contributed by atoms with Crippen LogP contribution in [0.25, 0.3) is 0 Å². The molecule has 0 heterocycles. The third kappa shape index (κ3) is 5.00. The van der Waals surface area contributed by atoms with Gasteiger partial charge in [0.2, 0.25) is 0 Å². The molecule has 0 aliphatic carbocycles. The number of carbonyl (C=O) groups is 1. The van der Waals surface area contributed by atoms with Crippen molar-refractivity contribution in [2.45, 2.75) is 20.3 Å². The van der Waals surface area contributed by atoms with Gasteiger partial charge in [0.15, 0.2) is 0 Å². The molecule has 0 amide bonds. The number of ketones is 1. The molecule has 2 aromatic carbocycles. The topological polar surface area (TPSA) is 17.1 Å². The van der Waals surface area contributed by atoms with Crippen LogP contribution in [0.3, 0.4) is 0 Å². The zero-order valence-corrected chi connectivity index (χ0v) is 14.2. The first-order valence-electron chi connectivity index (χ1n) is 7.19. The average Bonchev–Trinajstić information content (AvgIpc) is 2.52. The Kier molecular flexibility index (Phi) is 5.98. The molecule has 0 bridgehead atoms. The predicted molar refractivity (Wildman–Crippen MR) is 90.1 cm³/mol. The van der Waals surface area contributed by atoms with Gasteiger partial charge in [0.1, 0.15) is 0 Å². The van der Waals surface area contributed by atoms with Gasteiger partial charge in [0.05, 0.1) is 0 Å². The van der Waals surface area contributed by atoms with Crippen molar-refractivity contribution in [2.24, 2.45) is 5.92 Å². The Morgan fingerprint density at radius 2 is 1.57 bits per heavy atom. The summed E-state index contributed by atoms with van der Waals surface area (Å²) in [4.78, 5) is 12.7. The Labute approximate surface area is 133 Å². The van der Waals surface area contributed by atoms with Crippen molar-refractivity contribution >= 4 is 25.2 Å². The molecule has 108 valence electrons. The molecule has 0 saturated heterocycles. The molecule has 1 nitrogen and oxygen atoms in total. The van der Waals surface area contributed by atoms with Crippen molar-refractivity contribution in [1.82, 2.24) is 0 Å². The molecule has 0 atom stereocenters. The SMILES string of the molecule is CC(C)C/C=C(\[Se]c1ccccc1)C(=O)c1ccccc1. The van der Waals surface area contributed by atoms with Crippen LogP contribution in [0.2, 0.25) is 0 Å². The van der Waals surface area contributed by atoms with E-state index in [4.69, 9.17) is 0 Å². The van der Waals surface area contributed by atoms with E-state index in [0.717, 1.165) is 16.5 Å². The van der Waals surface area contributed by atoms with Crippen LogP contribution in [-0.2, 0) is 0 Å². The molecule has 0 aliphatic heterocycles. The molecule has 0 fully saturated rings. The van der Waals surface area contributed by atoms with Crippen LogP contribution >= 0.6 is 0 Å². The molecule has 0 aromatic heterocycles. The molecule has 0 radical (unpaired) electrons. The van der Waals surface area contributed by atoms with E-state index < -0.39 is 0 Å². The minimum atomic E-state index is 0.0586. The van der Waals surface area contributed by atoms with Crippen LogP contribution in [0, 0.1) is 5.92 Å². The van der Waals surface area contributed by atoms with Crippen molar-refractivity contribution in [3.63, 3.8) is 0 Å². The third-order valence-electron chi connectivity index (χ3n) is 3.01. The Morgan fingerprint density at radius 3 is 2.14 bits per heavy atom. The number of rotatable bonds is 6. The van der Waals surface area contributed by atoms with Gasteiger partial charge in [-0.15, -0.1) is 0 Å². The van der Waals surface area contributed by atoms with E-state index in [1.54, 1.807) is 0 Å².